The molecule has 3 amide bonds. The lowest BCUT2D eigenvalue weighted by Crippen LogP contribution is -2.55. The summed E-state index contributed by atoms with van der Waals surface area (Å²) >= 11 is 6.19. The van der Waals surface area contributed by atoms with Crippen molar-refractivity contribution in [2.45, 2.75) is 38.1 Å². The fourth-order valence-corrected chi connectivity index (χ4v) is 4.48. The molecule has 0 aromatic heterocycles. The molecule has 1 aromatic rings. The predicted molar refractivity (Wildman–Crippen MR) is 114 cm³/mol. The van der Waals surface area contributed by atoms with E-state index in [2.05, 4.69) is 5.32 Å². The minimum atomic E-state index is -0.619. The number of methoxy groups -OCH3 is 1. The van der Waals surface area contributed by atoms with Crippen molar-refractivity contribution in [2.24, 2.45) is 5.92 Å². The number of benzene rings is 1. The van der Waals surface area contributed by atoms with E-state index < -0.39 is 6.04 Å². The quantitative estimate of drug-likeness (QED) is 0.743. The molecule has 1 unspecified atom stereocenters. The van der Waals surface area contributed by atoms with Crippen molar-refractivity contribution in [3.8, 4) is 0 Å². The Morgan fingerprint density at radius 1 is 1.07 bits per heavy atom. The Morgan fingerprint density at radius 3 is 2.37 bits per heavy atom. The van der Waals surface area contributed by atoms with E-state index in [-0.39, 0.29) is 30.2 Å². The molecule has 30 heavy (non-hydrogen) atoms. The van der Waals surface area contributed by atoms with Crippen molar-refractivity contribution in [3.05, 3.63) is 34.9 Å². The number of carbonyl (C=O) groups excluding carboxylic acids is 3. The topological polar surface area (TPSA) is 79.0 Å². The van der Waals surface area contributed by atoms with Gasteiger partial charge in [-0.3, -0.25) is 14.4 Å². The van der Waals surface area contributed by atoms with Gasteiger partial charge in [-0.25, -0.2) is 0 Å². The zero-order valence-corrected chi connectivity index (χ0v) is 18.2. The predicted octanol–water partition coefficient (Wildman–Crippen LogP) is 2.34. The van der Waals surface area contributed by atoms with E-state index in [4.69, 9.17) is 16.3 Å². The van der Waals surface area contributed by atoms with Gasteiger partial charge in [0, 0.05) is 33.3 Å². The number of halogens is 1. The Balaban J connectivity index is 1.73. The number of likely N-dealkylation sites (tertiary alicyclic amines) is 2. The molecule has 2 aliphatic rings. The maximum absolute atomic E-state index is 13.3. The van der Waals surface area contributed by atoms with Gasteiger partial charge in [0.05, 0.1) is 10.6 Å². The first-order valence-corrected chi connectivity index (χ1v) is 11.0. The lowest BCUT2D eigenvalue weighted by Gasteiger charge is -2.38. The normalized spacial score (nSPS) is 18.7. The Bertz CT molecular complexity index is 759. The first-order valence-electron chi connectivity index (χ1n) is 10.6. The molecule has 8 heteroatoms. The van der Waals surface area contributed by atoms with Gasteiger partial charge in [0.15, 0.2) is 0 Å². The standard InChI is InChI=1S/C22H30ClN3O4/c1-30-15-19(27)25-13-9-16(10-14-25)20(22(29)26-11-5-2-6-12-26)24-21(28)17-7-3-4-8-18(17)23/h3-4,7-8,16,20H,2,5-6,9-15H2,1H3,(H,24,28). The van der Waals surface area contributed by atoms with Crippen LogP contribution in [0.1, 0.15) is 42.5 Å². The van der Waals surface area contributed by atoms with Crippen LogP contribution in [0, 0.1) is 5.92 Å². The van der Waals surface area contributed by atoms with Crippen molar-refractivity contribution in [1.82, 2.24) is 15.1 Å². The van der Waals surface area contributed by atoms with Crippen LogP contribution < -0.4 is 5.32 Å². The number of ether oxygens (including phenoxy) is 1. The molecule has 7 nitrogen and oxygen atoms in total. The van der Waals surface area contributed by atoms with Gasteiger partial charge in [0.1, 0.15) is 12.6 Å². The minimum absolute atomic E-state index is 0.0301. The molecule has 0 bridgehead atoms. The molecule has 0 aliphatic carbocycles. The molecular formula is C22H30ClN3O4. The fraction of sp³-hybridized carbons (Fsp3) is 0.591. The Morgan fingerprint density at radius 2 is 1.73 bits per heavy atom. The van der Waals surface area contributed by atoms with Crippen LogP contribution in [0.25, 0.3) is 0 Å². The third-order valence-corrected chi connectivity index (χ3v) is 6.30. The smallest absolute Gasteiger partial charge is 0.253 e. The lowest BCUT2D eigenvalue weighted by molar-refractivity contribution is -0.138. The Hall–Kier alpha value is -2.12. The van der Waals surface area contributed by atoms with Crippen LogP contribution >= 0.6 is 11.6 Å². The van der Waals surface area contributed by atoms with Crippen molar-refractivity contribution in [1.29, 1.82) is 0 Å². The van der Waals surface area contributed by atoms with Crippen molar-refractivity contribution >= 4 is 29.3 Å². The van der Waals surface area contributed by atoms with E-state index in [1.807, 2.05) is 4.90 Å². The van der Waals surface area contributed by atoms with Crippen LogP contribution in [-0.4, -0.2) is 73.5 Å². The highest BCUT2D eigenvalue weighted by atomic mass is 35.5. The molecule has 0 saturated carbocycles. The molecule has 1 atom stereocenters. The van der Waals surface area contributed by atoms with E-state index in [1.54, 1.807) is 29.2 Å². The summed E-state index contributed by atoms with van der Waals surface area (Å²) in [6.07, 6.45) is 4.41. The summed E-state index contributed by atoms with van der Waals surface area (Å²) < 4.78 is 4.94. The lowest BCUT2D eigenvalue weighted by atomic mass is 9.87. The highest BCUT2D eigenvalue weighted by molar-refractivity contribution is 6.33. The van der Waals surface area contributed by atoms with Crippen LogP contribution in [0.4, 0.5) is 0 Å². The van der Waals surface area contributed by atoms with Gasteiger partial charge >= 0.3 is 0 Å². The average molecular weight is 436 g/mol. The molecule has 0 spiro atoms. The molecule has 2 fully saturated rings. The molecule has 3 rings (SSSR count). The maximum Gasteiger partial charge on any atom is 0.253 e. The number of nitrogens with zero attached hydrogens (tertiary/aromatic N) is 2. The number of hydrogen-bond donors (Lipinski definition) is 1. The number of rotatable bonds is 6. The summed E-state index contributed by atoms with van der Waals surface area (Å²) in [4.78, 5) is 42.0. The SMILES string of the molecule is COCC(=O)N1CCC(C(NC(=O)c2ccccc2Cl)C(=O)N2CCCCC2)CC1. The highest BCUT2D eigenvalue weighted by Crippen LogP contribution is 2.25. The second kappa shape index (κ2) is 10.8. The monoisotopic (exact) mass is 435 g/mol. The van der Waals surface area contributed by atoms with Gasteiger partial charge in [-0.2, -0.15) is 0 Å². The minimum Gasteiger partial charge on any atom is -0.375 e. The average Bonchev–Trinajstić information content (AvgIpc) is 2.78. The summed E-state index contributed by atoms with van der Waals surface area (Å²) in [7, 11) is 1.50. The maximum atomic E-state index is 13.3. The molecule has 0 radical (unpaired) electrons. The van der Waals surface area contributed by atoms with Crippen LogP contribution in [0.15, 0.2) is 24.3 Å². The molecule has 2 heterocycles. The van der Waals surface area contributed by atoms with Gasteiger partial charge in [-0.15, -0.1) is 0 Å². The summed E-state index contributed by atoms with van der Waals surface area (Å²) in [6, 6.07) is 6.22. The number of nitrogens with one attached hydrogen (secondary N) is 1. The van der Waals surface area contributed by atoms with E-state index in [9.17, 15) is 14.4 Å². The van der Waals surface area contributed by atoms with Gasteiger partial charge in [-0.1, -0.05) is 23.7 Å². The summed E-state index contributed by atoms with van der Waals surface area (Å²) in [5.74, 6) is -0.446. The fourth-order valence-electron chi connectivity index (χ4n) is 4.25. The molecule has 164 valence electrons. The van der Waals surface area contributed by atoms with Gasteiger partial charge < -0.3 is 19.9 Å². The third kappa shape index (κ3) is 5.52. The van der Waals surface area contributed by atoms with E-state index >= 15 is 0 Å². The summed E-state index contributed by atoms with van der Waals surface area (Å²) in [6.45, 7) is 2.62. The molecule has 2 aliphatic heterocycles. The van der Waals surface area contributed by atoms with Crippen LogP contribution in [0.3, 0.4) is 0 Å². The molecule has 1 aromatic carbocycles. The number of hydrogen-bond acceptors (Lipinski definition) is 4. The largest absolute Gasteiger partial charge is 0.375 e. The second-order valence-corrected chi connectivity index (χ2v) is 8.38. The second-order valence-electron chi connectivity index (χ2n) is 7.97. The van der Waals surface area contributed by atoms with E-state index in [0.717, 1.165) is 32.4 Å². The first-order chi connectivity index (χ1) is 14.5. The van der Waals surface area contributed by atoms with Crippen molar-refractivity contribution in [3.63, 3.8) is 0 Å². The van der Waals surface area contributed by atoms with Crippen molar-refractivity contribution in [2.75, 3.05) is 39.9 Å². The Kier molecular flexibility index (Phi) is 8.10. The zero-order chi connectivity index (χ0) is 21.5. The summed E-state index contributed by atoms with van der Waals surface area (Å²) in [5.41, 5.74) is 0.364. The Labute approximate surface area is 182 Å². The number of piperidine rings is 2. The number of carbonyl (C=O) groups is 3. The first kappa shape index (κ1) is 22.6. The van der Waals surface area contributed by atoms with Crippen molar-refractivity contribution < 1.29 is 19.1 Å². The van der Waals surface area contributed by atoms with E-state index in [1.165, 1.54) is 7.11 Å². The molecular weight excluding hydrogens is 406 g/mol. The molecule has 1 N–H and O–H groups in total. The molecule has 2 saturated heterocycles. The van der Waals surface area contributed by atoms with Gasteiger partial charge in [-0.05, 0) is 50.2 Å². The summed E-state index contributed by atoms with van der Waals surface area (Å²) in [5, 5.41) is 3.33. The zero-order valence-electron chi connectivity index (χ0n) is 17.4. The van der Waals surface area contributed by atoms with Gasteiger partial charge in [0.25, 0.3) is 5.91 Å². The van der Waals surface area contributed by atoms with Gasteiger partial charge in [0.2, 0.25) is 11.8 Å². The van der Waals surface area contributed by atoms with Crippen LogP contribution in [0.5, 0.6) is 0 Å². The third-order valence-electron chi connectivity index (χ3n) is 5.97. The highest BCUT2D eigenvalue weighted by Gasteiger charge is 2.36. The number of amides is 3. The van der Waals surface area contributed by atoms with E-state index in [0.29, 0.717) is 36.5 Å². The van der Waals surface area contributed by atoms with Crippen LogP contribution in [0.2, 0.25) is 5.02 Å². The van der Waals surface area contributed by atoms with Crippen LogP contribution in [-0.2, 0) is 14.3 Å².